The Bertz CT molecular complexity index is 288. The number of benzene rings is 1. The molecule has 0 amide bonds. The number of ether oxygens (including phenoxy) is 1. The molecule has 0 aliphatic heterocycles. The molecule has 1 rings (SSSR count). The van der Waals surface area contributed by atoms with Gasteiger partial charge in [-0.2, -0.15) is 12.6 Å². The number of carbonyl (C=O) groups excluding carboxylic acids is 1. The predicted molar refractivity (Wildman–Crippen MR) is 53.6 cm³/mol. The Morgan fingerprint density at radius 1 is 1.50 bits per heavy atom. The smallest absolute Gasteiger partial charge is 0.321 e. The molecule has 0 unspecified atom stereocenters. The van der Waals surface area contributed by atoms with Gasteiger partial charge in [-0.3, -0.25) is 4.79 Å². The maximum absolute atomic E-state index is 10.8. The number of hydrogen-bond acceptors (Lipinski definition) is 3. The standard InChI is InChI=1S/C8H7BrO2S/c9-6-3-1-2-4-7(6)11-8(10)5-12/h1-4,12H,5H2. The molecule has 1 aromatic rings. The van der Waals surface area contributed by atoms with Crippen LogP contribution in [0.1, 0.15) is 0 Å². The van der Waals surface area contributed by atoms with Crippen LogP contribution in [0, 0.1) is 0 Å². The molecular formula is C8H7BrO2S. The van der Waals surface area contributed by atoms with Crippen molar-refractivity contribution < 1.29 is 9.53 Å². The van der Waals surface area contributed by atoms with E-state index < -0.39 is 0 Å². The summed E-state index contributed by atoms with van der Waals surface area (Å²) < 4.78 is 5.70. The Labute approximate surface area is 84.5 Å². The van der Waals surface area contributed by atoms with E-state index in [9.17, 15) is 4.79 Å². The molecule has 1 aromatic carbocycles. The van der Waals surface area contributed by atoms with E-state index in [0.29, 0.717) is 5.75 Å². The van der Waals surface area contributed by atoms with Gasteiger partial charge in [0.2, 0.25) is 0 Å². The second-order valence-electron chi connectivity index (χ2n) is 2.06. The van der Waals surface area contributed by atoms with Crippen LogP contribution in [-0.2, 0) is 4.79 Å². The predicted octanol–water partition coefficient (Wildman–Crippen LogP) is 2.28. The van der Waals surface area contributed by atoms with Crippen molar-refractivity contribution in [3.05, 3.63) is 28.7 Å². The van der Waals surface area contributed by atoms with Crippen molar-refractivity contribution in [1.29, 1.82) is 0 Å². The minimum absolute atomic E-state index is 0.0847. The Morgan fingerprint density at radius 2 is 2.17 bits per heavy atom. The molecule has 4 heteroatoms. The number of carbonyl (C=O) groups is 1. The van der Waals surface area contributed by atoms with Gasteiger partial charge in [0, 0.05) is 0 Å². The fourth-order valence-corrected chi connectivity index (χ4v) is 1.11. The Hall–Kier alpha value is -0.480. The molecule has 2 nitrogen and oxygen atoms in total. The number of thiol groups is 1. The fraction of sp³-hybridized carbons (Fsp3) is 0.125. The van der Waals surface area contributed by atoms with Gasteiger partial charge in [0.15, 0.2) is 0 Å². The number of hydrogen-bond donors (Lipinski definition) is 1. The molecule has 12 heavy (non-hydrogen) atoms. The average Bonchev–Trinajstić information content (AvgIpc) is 2.09. The van der Waals surface area contributed by atoms with Crippen LogP contribution < -0.4 is 4.74 Å². The fourth-order valence-electron chi connectivity index (χ4n) is 0.682. The highest BCUT2D eigenvalue weighted by Crippen LogP contribution is 2.23. The van der Waals surface area contributed by atoms with E-state index in [4.69, 9.17) is 4.74 Å². The van der Waals surface area contributed by atoms with E-state index in [0.717, 1.165) is 4.47 Å². The van der Waals surface area contributed by atoms with Crippen molar-refractivity contribution in [3.8, 4) is 5.75 Å². The summed E-state index contributed by atoms with van der Waals surface area (Å²) in [6.07, 6.45) is 0. The average molecular weight is 247 g/mol. The largest absolute Gasteiger partial charge is 0.425 e. The van der Waals surface area contributed by atoms with Crippen LogP contribution in [0.15, 0.2) is 28.7 Å². The van der Waals surface area contributed by atoms with Crippen LogP contribution in [0.25, 0.3) is 0 Å². The molecule has 0 aliphatic carbocycles. The molecule has 0 saturated carbocycles. The van der Waals surface area contributed by atoms with Crippen molar-refractivity contribution in [1.82, 2.24) is 0 Å². The van der Waals surface area contributed by atoms with E-state index >= 15 is 0 Å². The highest BCUT2D eigenvalue weighted by Gasteiger charge is 2.04. The van der Waals surface area contributed by atoms with Crippen molar-refractivity contribution in [2.24, 2.45) is 0 Å². The first-order valence-electron chi connectivity index (χ1n) is 3.30. The van der Waals surface area contributed by atoms with Crippen LogP contribution in [0.5, 0.6) is 5.75 Å². The van der Waals surface area contributed by atoms with Crippen molar-refractivity contribution in [2.45, 2.75) is 0 Å². The lowest BCUT2D eigenvalue weighted by atomic mass is 10.3. The molecule has 0 saturated heterocycles. The van der Waals surface area contributed by atoms with Crippen LogP contribution in [0.4, 0.5) is 0 Å². The Kier molecular flexibility index (Phi) is 3.62. The SMILES string of the molecule is O=C(CS)Oc1ccccc1Br. The summed E-state index contributed by atoms with van der Waals surface area (Å²) >= 11 is 7.04. The lowest BCUT2D eigenvalue weighted by Gasteiger charge is -2.03. The van der Waals surface area contributed by atoms with Crippen LogP contribution in [0.3, 0.4) is 0 Å². The summed E-state index contributed by atoms with van der Waals surface area (Å²) in [5, 5.41) is 0. The van der Waals surface area contributed by atoms with Crippen LogP contribution >= 0.6 is 28.6 Å². The lowest BCUT2D eigenvalue weighted by Crippen LogP contribution is -2.09. The molecule has 0 fully saturated rings. The van der Waals surface area contributed by atoms with Crippen molar-refractivity contribution >= 4 is 34.5 Å². The minimum atomic E-state index is -0.356. The van der Waals surface area contributed by atoms with Gasteiger partial charge < -0.3 is 4.74 Å². The van der Waals surface area contributed by atoms with Gasteiger partial charge in [-0.05, 0) is 28.1 Å². The Morgan fingerprint density at radius 3 is 2.75 bits per heavy atom. The number of rotatable bonds is 2. The van der Waals surface area contributed by atoms with Gasteiger partial charge in [-0.1, -0.05) is 12.1 Å². The molecule has 64 valence electrons. The lowest BCUT2D eigenvalue weighted by molar-refractivity contribution is -0.131. The second kappa shape index (κ2) is 4.52. The van der Waals surface area contributed by atoms with Crippen LogP contribution in [-0.4, -0.2) is 11.7 Å². The summed E-state index contributed by atoms with van der Waals surface area (Å²) in [5.41, 5.74) is 0. The van der Waals surface area contributed by atoms with E-state index in [1.54, 1.807) is 18.2 Å². The van der Waals surface area contributed by atoms with Crippen molar-refractivity contribution in [2.75, 3.05) is 5.75 Å². The first-order chi connectivity index (χ1) is 5.74. The Balaban J connectivity index is 2.75. The van der Waals surface area contributed by atoms with Gasteiger partial charge >= 0.3 is 5.97 Å². The quantitative estimate of drug-likeness (QED) is 0.493. The maximum Gasteiger partial charge on any atom is 0.321 e. The van der Waals surface area contributed by atoms with E-state index in [-0.39, 0.29) is 11.7 Å². The zero-order valence-electron chi connectivity index (χ0n) is 6.16. The third kappa shape index (κ3) is 2.53. The molecule has 0 N–H and O–H groups in total. The number of esters is 1. The summed E-state index contributed by atoms with van der Waals surface area (Å²) in [6.45, 7) is 0. The highest BCUT2D eigenvalue weighted by atomic mass is 79.9. The third-order valence-corrected chi connectivity index (χ3v) is 2.10. The highest BCUT2D eigenvalue weighted by molar-refractivity contribution is 9.10. The number of para-hydroxylation sites is 1. The molecule has 0 aromatic heterocycles. The zero-order valence-corrected chi connectivity index (χ0v) is 8.64. The van der Waals surface area contributed by atoms with E-state index in [1.807, 2.05) is 6.07 Å². The normalized spacial score (nSPS) is 9.50. The summed E-state index contributed by atoms with van der Waals surface area (Å²) in [6, 6.07) is 7.17. The van der Waals surface area contributed by atoms with Gasteiger partial charge in [0.1, 0.15) is 5.75 Å². The molecule has 0 spiro atoms. The molecule has 0 bridgehead atoms. The summed E-state index contributed by atoms with van der Waals surface area (Å²) in [7, 11) is 0. The summed E-state index contributed by atoms with van der Waals surface area (Å²) in [5.74, 6) is 0.253. The monoisotopic (exact) mass is 246 g/mol. The zero-order chi connectivity index (χ0) is 8.97. The van der Waals surface area contributed by atoms with E-state index in [2.05, 4.69) is 28.6 Å². The van der Waals surface area contributed by atoms with Gasteiger partial charge in [0.05, 0.1) is 10.2 Å². The van der Waals surface area contributed by atoms with Gasteiger partial charge in [0.25, 0.3) is 0 Å². The molecule has 0 radical (unpaired) electrons. The first kappa shape index (κ1) is 9.61. The van der Waals surface area contributed by atoms with Gasteiger partial charge in [-0.15, -0.1) is 0 Å². The maximum atomic E-state index is 10.8. The second-order valence-corrected chi connectivity index (χ2v) is 3.23. The topological polar surface area (TPSA) is 26.3 Å². The van der Waals surface area contributed by atoms with Crippen LogP contribution in [0.2, 0.25) is 0 Å². The molecule has 0 aliphatic rings. The van der Waals surface area contributed by atoms with Crippen molar-refractivity contribution in [3.63, 3.8) is 0 Å². The first-order valence-corrected chi connectivity index (χ1v) is 4.72. The molecule has 0 heterocycles. The molecule has 0 atom stereocenters. The van der Waals surface area contributed by atoms with Gasteiger partial charge in [-0.25, -0.2) is 0 Å². The minimum Gasteiger partial charge on any atom is -0.425 e. The summed E-state index contributed by atoms with van der Waals surface area (Å²) in [4.78, 5) is 10.8. The van der Waals surface area contributed by atoms with E-state index in [1.165, 1.54) is 0 Å². The third-order valence-electron chi connectivity index (χ3n) is 1.19. The molecular weight excluding hydrogens is 240 g/mol. The number of halogens is 1.